The van der Waals surface area contributed by atoms with E-state index in [1.165, 1.54) is 0 Å². The van der Waals surface area contributed by atoms with Gasteiger partial charge in [0.15, 0.2) is 0 Å². The molecule has 2 rings (SSSR count). The predicted octanol–water partition coefficient (Wildman–Crippen LogP) is -0.0327. The van der Waals surface area contributed by atoms with Gasteiger partial charge in [0.1, 0.15) is 0 Å². The van der Waals surface area contributed by atoms with Gasteiger partial charge >= 0.3 is 12.0 Å². The van der Waals surface area contributed by atoms with Crippen molar-refractivity contribution in [3.63, 3.8) is 0 Å². The number of amides is 2. The third-order valence-corrected chi connectivity index (χ3v) is 4.77. The Morgan fingerprint density at radius 1 is 1.11 bits per heavy atom. The number of hydrogen-bond acceptors (Lipinski definition) is 3. The van der Waals surface area contributed by atoms with Gasteiger partial charge in [0.2, 0.25) is 0 Å². The number of nitrogens with zero attached hydrogens (tertiary/aromatic N) is 2. The van der Waals surface area contributed by atoms with E-state index >= 15 is 0 Å². The van der Waals surface area contributed by atoms with Crippen LogP contribution in [0.25, 0.3) is 0 Å². The van der Waals surface area contributed by atoms with Crippen molar-refractivity contribution in [1.29, 1.82) is 0 Å². The minimum Gasteiger partial charge on any atom is -0.481 e. The van der Waals surface area contributed by atoms with Crippen molar-refractivity contribution >= 4 is 22.8 Å². The molecule has 2 saturated heterocycles. The molecule has 0 radical (unpaired) electrons. The molecule has 18 heavy (non-hydrogen) atoms. The first-order valence-corrected chi connectivity index (χ1v) is 7.68. The molecule has 102 valence electrons. The van der Waals surface area contributed by atoms with Crippen molar-refractivity contribution in [3.05, 3.63) is 0 Å². The number of carbonyl (C=O) groups excluding carboxylic acids is 1. The summed E-state index contributed by atoms with van der Waals surface area (Å²) in [5.41, 5.74) is 0. The normalized spacial score (nSPS) is 26.1. The van der Waals surface area contributed by atoms with Crippen LogP contribution >= 0.6 is 0 Å². The first-order chi connectivity index (χ1) is 8.58. The molecule has 7 heteroatoms. The van der Waals surface area contributed by atoms with Crippen molar-refractivity contribution in [3.8, 4) is 0 Å². The predicted molar refractivity (Wildman–Crippen MR) is 66.8 cm³/mol. The van der Waals surface area contributed by atoms with Crippen LogP contribution in [0.3, 0.4) is 0 Å². The average Bonchev–Trinajstić information content (AvgIpc) is 2.39. The maximum Gasteiger partial charge on any atom is 0.320 e. The van der Waals surface area contributed by atoms with E-state index in [9.17, 15) is 13.8 Å². The molecular weight excluding hydrogens is 256 g/mol. The summed E-state index contributed by atoms with van der Waals surface area (Å²) in [5, 5.41) is 8.99. The molecule has 1 N–H and O–H groups in total. The van der Waals surface area contributed by atoms with E-state index < -0.39 is 22.7 Å². The first-order valence-electron chi connectivity index (χ1n) is 6.19. The van der Waals surface area contributed by atoms with E-state index in [1.54, 1.807) is 9.80 Å². The summed E-state index contributed by atoms with van der Waals surface area (Å²) in [6, 6.07) is -0.0994. The molecular formula is C11H18N2O4S. The Morgan fingerprint density at radius 2 is 1.78 bits per heavy atom. The van der Waals surface area contributed by atoms with E-state index in [-0.39, 0.29) is 6.03 Å². The lowest BCUT2D eigenvalue weighted by atomic mass is 9.99. The topological polar surface area (TPSA) is 77.9 Å². The summed E-state index contributed by atoms with van der Waals surface area (Å²) in [7, 11) is -0.803. The van der Waals surface area contributed by atoms with Gasteiger partial charge < -0.3 is 14.9 Å². The van der Waals surface area contributed by atoms with Crippen molar-refractivity contribution in [1.82, 2.24) is 9.80 Å². The fourth-order valence-corrected chi connectivity index (χ4v) is 3.43. The molecule has 2 fully saturated rings. The van der Waals surface area contributed by atoms with E-state index in [2.05, 4.69) is 0 Å². The molecule has 0 saturated carbocycles. The molecule has 6 nitrogen and oxygen atoms in total. The summed E-state index contributed by atoms with van der Waals surface area (Å²) in [4.78, 5) is 26.4. The fourth-order valence-electron chi connectivity index (χ4n) is 2.38. The summed E-state index contributed by atoms with van der Waals surface area (Å²) in [6.45, 7) is 1.95. The van der Waals surface area contributed by atoms with Crippen LogP contribution in [0.1, 0.15) is 12.8 Å². The number of likely N-dealkylation sites (tertiary alicyclic amines) is 1. The standard InChI is InChI=1S/C11H18N2O4S/c14-10(15)9-2-1-3-13(8-9)11(16)12-4-6-18(17)7-5-12/h9H,1-8H2,(H,14,15). The molecule has 0 aromatic heterocycles. The van der Waals surface area contributed by atoms with Gasteiger partial charge in [-0.05, 0) is 12.8 Å². The van der Waals surface area contributed by atoms with Crippen LogP contribution in [-0.2, 0) is 15.6 Å². The number of carboxylic acid groups (broad SMARTS) is 1. The molecule has 0 aromatic rings. The zero-order valence-electron chi connectivity index (χ0n) is 10.2. The van der Waals surface area contributed by atoms with Gasteiger partial charge in [0.05, 0.1) is 5.92 Å². The van der Waals surface area contributed by atoms with Gasteiger partial charge in [-0.2, -0.15) is 0 Å². The van der Waals surface area contributed by atoms with Crippen LogP contribution in [0.4, 0.5) is 4.79 Å². The zero-order chi connectivity index (χ0) is 13.1. The van der Waals surface area contributed by atoms with Crippen LogP contribution < -0.4 is 0 Å². The van der Waals surface area contributed by atoms with Gasteiger partial charge in [-0.15, -0.1) is 0 Å². The number of piperidine rings is 1. The Kier molecular flexibility index (Phi) is 4.21. The van der Waals surface area contributed by atoms with E-state index in [4.69, 9.17) is 5.11 Å². The Morgan fingerprint density at radius 3 is 2.39 bits per heavy atom. The molecule has 0 aliphatic carbocycles. The third-order valence-electron chi connectivity index (χ3n) is 3.49. The first kappa shape index (κ1) is 13.3. The molecule has 2 aliphatic heterocycles. The SMILES string of the molecule is O=C(O)C1CCCN(C(=O)N2CCS(=O)CC2)C1. The minimum atomic E-state index is -0.827. The van der Waals surface area contributed by atoms with Crippen LogP contribution in [0, 0.1) is 5.92 Å². The maximum absolute atomic E-state index is 12.2. The van der Waals surface area contributed by atoms with E-state index in [1.807, 2.05) is 0 Å². The Balaban J connectivity index is 1.92. The summed E-state index contributed by atoms with van der Waals surface area (Å²) in [6.07, 6.45) is 1.38. The lowest BCUT2D eigenvalue weighted by Gasteiger charge is -2.36. The molecule has 0 aromatic carbocycles. The van der Waals surface area contributed by atoms with Gasteiger partial charge in [0, 0.05) is 48.5 Å². The Labute approximate surface area is 108 Å². The van der Waals surface area contributed by atoms with Gasteiger partial charge in [-0.3, -0.25) is 9.00 Å². The highest BCUT2D eigenvalue weighted by atomic mass is 32.2. The summed E-state index contributed by atoms with van der Waals surface area (Å²) < 4.78 is 11.2. The van der Waals surface area contributed by atoms with Gasteiger partial charge in [0.25, 0.3) is 0 Å². The minimum absolute atomic E-state index is 0.0994. The second kappa shape index (κ2) is 5.69. The highest BCUT2D eigenvalue weighted by Crippen LogP contribution is 2.18. The lowest BCUT2D eigenvalue weighted by molar-refractivity contribution is -0.143. The zero-order valence-corrected chi connectivity index (χ0v) is 11.0. The van der Waals surface area contributed by atoms with Crippen molar-refractivity contribution in [2.24, 2.45) is 5.92 Å². The van der Waals surface area contributed by atoms with Gasteiger partial charge in [-0.25, -0.2) is 4.79 Å². The van der Waals surface area contributed by atoms with Crippen molar-refractivity contribution in [2.45, 2.75) is 12.8 Å². The van der Waals surface area contributed by atoms with Crippen molar-refractivity contribution < 1.29 is 18.9 Å². The lowest BCUT2D eigenvalue weighted by Crippen LogP contribution is -2.52. The molecule has 1 unspecified atom stereocenters. The fraction of sp³-hybridized carbons (Fsp3) is 0.818. The average molecular weight is 274 g/mol. The quantitative estimate of drug-likeness (QED) is 0.728. The number of rotatable bonds is 1. The highest BCUT2D eigenvalue weighted by Gasteiger charge is 2.31. The number of carbonyl (C=O) groups is 2. The Bertz CT molecular complexity index is 364. The maximum atomic E-state index is 12.2. The van der Waals surface area contributed by atoms with Crippen LogP contribution in [-0.4, -0.2) is 68.8 Å². The molecule has 2 aliphatic rings. The number of carboxylic acids is 1. The van der Waals surface area contributed by atoms with Crippen LogP contribution in [0.5, 0.6) is 0 Å². The summed E-state index contributed by atoms with van der Waals surface area (Å²) >= 11 is 0. The van der Waals surface area contributed by atoms with E-state index in [0.717, 1.165) is 6.42 Å². The highest BCUT2D eigenvalue weighted by molar-refractivity contribution is 7.85. The largest absolute Gasteiger partial charge is 0.481 e. The van der Waals surface area contributed by atoms with Crippen LogP contribution in [0.15, 0.2) is 0 Å². The second-order valence-corrected chi connectivity index (χ2v) is 6.44. The molecule has 0 bridgehead atoms. The molecule has 2 heterocycles. The molecule has 0 spiro atoms. The van der Waals surface area contributed by atoms with E-state index in [0.29, 0.717) is 44.1 Å². The third kappa shape index (κ3) is 3.01. The number of hydrogen-bond donors (Lipinski definition) is 1. The number of aliphatic carboxylic acids is 1. The molecule has 1 atom stereocenters. The monoisotopic (exact) mass is 274 g/mol. The summed E-state index contributed by atoms with van der Waals surface area (Å²) in [5.74, 6) is -0.210. The van der Waals surface area contributed by atoms with Crippen molar-refractivity contribution in [2.75, 3.05) is 37.7 Å². The smallest absolute Gasteiger partial charge is 0.320 e. The van der Waals surface area contributed by atoms with Crippen LogP contribution in [0.2, 0.25) is 0 Å². The van der Waals surface area contributed by atoms with Gasteiger partial charge in [-0.1, -0.05) is 0 Å². The molecule has 2 amide bonds. The Hall–Kier alpha value is -1.11. The second-order valence-electron chi connectivity index (χ2n) is 4.74. The number of urea groups is 1.